The van der Waals surface area contributed by atoms with Gasteiger partial charge in [0.1, 0.15) is 11.8 Å². The van der Waals surface area contributed by atoms with Crippen molar-refractivity contribution in [3.05, 3.63) is 95.6 Å². The summed E-state index contributed by atoms with van der Waals surface area (Å²) in [7, 11) is 0. The molecule has 0 bridgehead atoms. The van der Waals surface area contributed by atoms with Crippen LogP contribution in [-0.4, -0.2) is 38.8 Å². The molecule has 1 aliphatic rings. The zero-order chi connectivity index (χ0) is 23.5. The van der Waals surface area contributed by atoms with Crippen LogP contribution < -0.4 is 4.90 Å². The summed E-state index contributed by atoms with van der Waals surface area (Å²) in [6, 6.07) is 13.5. The Hall–Kier alpha value is -4.33. The number of nitrogens with zero attached hydrogens (tertiary/aromatic N) is 3. The molecule has 1 saturated heterocycles. The van der Waals surface area contributed by atoms with Gasteiger partial charge >= 0.3 is 5.97 Å². The molecule has 1 fully saturated rings. The van der Waals surface area contributed by atoms with Crippen LogP contribution in [0.4, 0.5) is 5.69 Å². The lowest BCUT2D eigenvalue weighted by molar-refractivity contribution is -0.132. The second-order valence-corrected chi connectivity index (χ2v) is 7.66. The van der Waals surface area contributed by atoms with E-state index >= 15 is 0 Å². The van der Waals surface area contributed by atoms with Gasteiger partial charge in [-0.3, -0.25) is 24.5 Å². The minimum Gasteiger partial charge on any atom is -0.507 e. The summed E-state index contributed by atoms with van der Waals surface area (Å²) in [6.07, 6.45) is 4.18. The number of aromatic nitrogens is 2. The van der Waals surface area contributed by atoms with Gasteiger partial charge in [-0.2, -0.15) is 0 Å². The van der Waals surface area contributed by atoms with Crippen LogP contribution in [0.2, 0.25) is 0 Å². The fourth-order valence-corrected chi connectivity index (χ4v) is 3.65. The first kappa shape index (κ1) is 21.9. The molecule has 1 unspecified atom stereocenters. The van der Waals surface area contributed by atoms with Gasteiger partial charge in [0, 0.05) is 29.8 Å². The number of pyridine rings is 2. The molecule has 8 heteroatoms. The van der Waals surface area contributed by atoms with E-state index in [1.807, 2.05) is 0 Å². The van der Waals surface area contributed by atoms with Crippen LogP contribution in [0.1, 0.15) is 41.5 Å². The lowest BCUT2D eigenvalue weighted by atomic mass is 9.98. The Balaban J connectivity index is 1.87. The summed E-state index contributed by atoms with van der Waals surface area (Å²) in [5, 5.41) is 11.0. The monoisotopic (exact) mass is 443 g/mol. The predicted octanol–water partition coefficient (Wildman–Crippen LogP) is 3.67. The number of aliphatic hydroxyl groups is 1. The first-order valence-electron chi connectivity index (χ1n) is 10.3. The van der Waals surface area contributed by atoms with E-state index in [2.05, 4.69) is 9.97 Å². The van der Waals surface area contributed by atoms with Crippen molar-refractivity contribution in [2.45, 2.75) is 26.0 Å². The van der Waals surface area contributed by atoms with E-state index in [9.17, 15) is 19.5 Å². The minimum absolute atomic E-state index is 0.0972. The molecule has 1 aromatic carbocycles. The van der Waals surface area contributed by atoms with Crippen molar-refractivity contribution in [1.29, 1.82) is 0 Å². The van der Waals surface area contributed by atoms with Gasteiger partial charge in [-0.15, -0.1) is 0 Å². The number of hydrogen-bond acceptors (Lipinski definition) is 7. The van der Waals surface area contributed by atoms with E-state index < -0.39 is 23.7 Å². The number of carbonyl (C=O) groups is 3. The Morgan fingerprint density at radius 1 is 1.00 bits per heavy atom. The van der Waals surface area contributed by atoms with Crippen LogP contribution >= 0.6 is 0 Å². The van der Waals surface area contributed by atoms with Crippen LogP contribution in [0.3, 0.4) is 0 Å². The highest BCUT2D eigenvalue weighted by molar-refractivity contribution is 6.51. The normalized spacial score (nSPS) is 17.4. The molecule has 3 aromatic rings. The van der Waals surface area contributed by atoms with Crippen LogP contribution in [0.25, 0.3) is 5.76 Å². The lowest BCUT2D eigenvalue weighted by Gasteiger charge is -2.25. The summed E-state index contributed by atoms with van der Waals surface area (Å²) in [6.45, 7) is 3.47. The molecule has 0 radical (unpaired) electrons. The number of hydrogen-bond donors (Lipinski definition) is 1. The number of esters is 1. The number of ketones is 1. The highest BCUT2D eigenvalue weighted by atomic mass is 16.5. The van der Waals surface area contributed by atoms with Gasteiger partial charge in [0.25, 0.3) is 11.7 Å². The van der Waals surface area contributed by atoms with Gasteiger partial charge in [0.05, 0.1) is 22.9 Å². The molecule has 0 saturated carbocycles. The van der Waals surface area contributed by atoms with Crippen molar-refractivity contribution < 1.29 is 24.2 Å². The Morgan fingerprint density at radius 2 is 1.76 bits per heavy atom. The van der Waals surface area contributed by atoms with Crippen LogP contribution in [0.15, 0.2) is 78.8 Å². The number of amides is 1. The van der Waals surface area contributed by atoms with Gasteiger partial charge in [0.15, 0.2) is 0 Å². The van der Waals surface area contributed by atoms with E-state index in [0.29, 0.717) is 16.9 Å². The number of anilines is 1. The van der Waals surface area contributed by atoms with Crippen molar-refractivity contribution in [2.75, 3.05) is 4.90 Å². The maximum Gasteiger partial charge on any atom is 0.338 e. The molecule has 33 heavy (non-hydrogen) atoms. The maximum atomic E-state index is 13.2. The fourth-order valence-electron chi connectivity index (χ4n) is 3.65. The second-order valence-electron chi connectivity index (χ2n) is 7.66. The SMILES string of the molecule is CC(C)OC(=O)c1cccc(N2C(=O)C(=O)/C(=C(/O)c3ccncc3)C2c2ccccn2)c1. The molecule has 1 atom stereocenters. The largest absolute Gasteiger partial charge is 0.507 e. The zero-order valence-electron chi connectivity index (χ0n) is 18.0. The topological polar surface area (TPSA) is 110 Å². The fraction of sp³-hybridized carbons (Fsp3) is 0.160. The van der Waals surface area contributed by atoms with Crippen molar-refractivity contribution in [1.82, 2.24) is 9.97 Å². The molecule has 166 valence electrons. The first-order chi connectivity index (χ1) is 15.9. The molecule has 1 N–H and O–H groups in total. The smallest absolute Gasteiger partial charge is 0.338 e. The molecular formula is C25H21N3O5. The Bertz CT molecular complexity index is 1240. The van der Waals surface area contributed by atoms with E-state index in [-0.39, 0.29) is 23.0 Å². The molecule has 0 spiro atoms. The summed E-state index contributed by atoms with van der Waals surface area (Å²) < 4.78 is 5.25. The first-order valence-corrected chi connectivity index (χ1v) is 10.3. The highest BCUT2D eigenvalue weighted by Crippen LogP contribution is 2.41. The maximum absolute atomic E-state index is 13.2. The third kappa shape index (κ3) is 4.23. The number of Topliss-reactive ketones (excluding diaryl/α,β-unsaturated/α-hetero) is 1. The average Bonchev–Trinajstić information content (AvgIpc) is 3.10. The Morgan fingerprint density at radius 3 is 2.42 bits per heavy atom. The van der Waals surface area contributed by atoms with Crippen molar-refractivity contribution in [3.8, 4) is 0 Å². The zero-order valence-corrected chi connectivity index (χ0v) is 18.0. The van der Waals surface area contributed by atoms with Crippen LogP contribution in [0.5, 0.6) is 0 Å². The molecule has 2 aromatic heterocycles. The van der Waals surface area contributed by atoms with E-state index in [4.69, 9.17) is 4.74 Å². The molecule has 0 aliphatic carbocycles. The van der Waals surface area contributed by atoms with E-state index in [1.165, 1.54) is 29.6 Å². The van der Waals surface area contributed by atoms with E-state index in [1.54, 1.807) is 62.4 Å². The Kier molecular flexibility index (Phi) is 5.99. The Labute approximate surface area is 190 Å². The van der Waals surface area contributed by atoms with Gasteiger partial charge in [0.2, 0.25) is 0 Å². The molecule has 3 heterocycles. The summed E-state index contributed by atoms with van der Waals surface area (Å²) in [4.78, 5) is 48.2. The standard InChI is InChI=1S/C25H21N3O5/c1-15(2)33-25(32)17-6-5-7-18(14-17)28-21(19-8-3-4-11-27-19)20(23(30)24(28)31)22(29)16-9-12-26-13-10-16/h3-15,21,29H,1-2H3/b22-20+. The average molecular weight is 443 g/mol. The number of aliphatic hydroxyl groups excluding tert-OH is 1. The van der Waals surface area contributed by atoms with Crippen LogP contribution in [-0.2, 0) is 14.3 Å². The molecule has 4 rings (SSSR count). The lowest BCUT2D eigenvalue weighted by Crippen LogP contribution is -2.30. The minimum atomic E-state index is -0.990. The van der Waals surface area contributed by atoms with Gasteiger partial charge in [-0.25, -0.2) is 4.79 Å². The van der Waals surface area contributed by atoms with E-state index in [0.717, 1.165) is 0 Å². The molecule has 8 nitrogen and oxygen atoms in total. The molecule has 1 amide bonds. The molecular weight excluding hydrogens is 422 g/mol. The van der Waals surface area contributed by atoms with Crippen molar-refractivity contribution >= 4 is 29.1 Å². The molecule has 1 aliphatic heterocycles. The summed E-state index contributed by atoms with van der Waals surface area (Å²) >= 11 is 0. The third-order valence-corrected chi connectivity index (χ3v) is 5.07. The number of benzene rings is 1. The third-order valence-electron chi connectivity index (χ3n) is 5.07. The quantitative estimate of drug-likeness (QED) is 0.277. The summed E-state index contributed by atoms with van der Waals surface area (Å²) in [5.41, 5.74) is 1.18. The summed E-state index contributed by atoms with van der Waals surface area (Å²) in [5.74, 6) is -2.57. The van der Waals surface area contributed by atoms with Gasteiger partial charge < -0.3 is 9.84 Å². The number of ether oxygens (including phenoxy) is 1. The van der Waals surface area contributed by atoms with Crippen molar-refractivity contribution in [3.63, 3.8) is 0 Å². The second kappa shape index (κ2) is 9.04. The van der Waals surface area contributed by atoms with Crippen molar-refractivity contribution in [2.24, 2.45) is 0 Å². The number of carbonyl (C=O) groups excluding carboxylic acids is 3. The van der Waals surface area contributed by atoms with Crippen LogP contribution in [0, 0.1) is 0 Å². The predicted molar refractivity (Wildman–Crippen MR) is 120 cm³/mol. The van der Waals surface area contributed by atoms with Gasteiger partial charge in [-0.1, -0.05) is 12.1 Å². The number of rotatable bonds is 5. The highest BCUT2D eigenvalue weighted by Gasteiger charge is 2.47. The van der Waals surface area contributed by atoms with Gasteiger partial charge in [-0.05, 0) is 56.3 Å².